The lowest BCUT2D eigenvalue weighted by Crippen LogP contribution is -2.12. The summed E-state index contributed by atoms with van der Waals surface area (Å²) in [5.41, 5.74) is 0.0942. The van der Waals surface area contributed by atoms with Crippen molar-refractivity contribution in [3.05, 3.63) is 35.7 Å². The van der Waals surface area contributed by atoms with Gasteiger partial charge in [0.25, 0.3) is 5.91 Å². The van der Waals surface area contributed by atoms with Crippen molar-refractivity contribution in [2.45, 2.75) is 0 Å². The molecule has 2 aromatic rings. The smallest absolute Gasteiger partial charge is 0.339 e. The molecule has 1 heterocycles. The lowest BCUT2D eigenvalue weighted by atomic mass is 10.2. The molecule has 0 radical (unpaired) electrons. The standard InChI is InChI=1S/C10H8N4O4/c15-8-3-5(1-2-6(8)10(17)18)12-9(16)7-4-11-14-13-7/h1-4,15H,(H,12,16)(H,17,18)(H,11,13,14). The summed E-state index contributed by atoms with van der Waals surface area (Å²) in [6.45, 7) is 0. The van der Waals surface area contributed by atoms with E-state index >= 15 is 0 Å². The Morgan fingerprint density at radius 3 is 2.67 bits per heavy atom. The van der Waals surface area contributed by atoms with Gasteiger partial charge in [0, 0.05) is 11.8 Å². The van der Waals surface area contributed by atoms with Crippen LogP contribution in [-0.4, -0.2) is 37.5 Å². The molecule has 0 spiro atoms. The van der Waals surface area contributed by atoms with Crippen LogP contribution in [0.2, 0.25) is 0 Å². The number of carboxylic acids is 1. The summed E-state index contributed by atoms with van der Waals surface area (Å²) in [4.78, 5) is 22.2. The SMILES string of the molecule is O=C(Nc1ccc(C(=O)O)c(O)c1)c1cn[nH]n1. The zero-order valence-electron chi connectivity index (χ0n) is 8.91. The Morgan fingerprint density at radius 1 is 1.33 bits per heavy atom. The highest BCUT2D eigenvalue weighted by molar-refractivity contribution is 6.03. The maximum absolute atomic E-state index is 11.6. The van der Waals surface area contributed by atoms with Crippen LogP contribution in [0, 0.1) is 0 Å². The Hall–Kier alpha value is -2.90. The van der Waals surface area contributed by atoms with Crippen molar-refractivity contribution in [1.29, 1.82) is 0 Å². The number of carbonyl (C=O) groups is 2. The summed E-state index contributed by atoms with van der Waals surface area (Å²) in [6.07, 6.45) is 1.24. The normalized spacial score (nSPS) is 10.0. The first kappa shape index (κ1) is 11.6. The molecule has 8 heteroatoms. The summed E-state index contributed by atoms with van der Waals surface area (Å²) < 4.78 is 0. The van der Waals surface area contributed by atoms with Crippen LogP contribution in [0.1, 0.15) is 20.8 Å². The summed E-state index contributed by atoms with van der Waals surface area (Å²) in [6, 6.07) is 3.69. The van der Waals surface area contributed by atoms with Gasteiger partial charge < -0.3 is 15.5 Å². The van der Waals surface area contributed by atoms with E-state index in [1.807, 2.05) is 0 Å². The van der Waals surface area contributed by atoms with E-state index in [0.29, 0.717) is 0 Å². The molecule has 1 aromatic heterocycles. The maximum Gasteiger partial charge on any atom is 0.339 e. The molecule has 0 bridgehead atoms. The third-order valence-corrected chi connectivity index (χ3v) is 2.13. The molecule has 0 aliphatic carbocycles. The van der Waals surface area contributed by atoms with Crippen LogP contribution >= 0.6 is 0 Å². The predicted octanol–water partition coefficient (Wildman–Crippen LogP) is 0.461. The van der Waals surface area contributed by atoms with Gasteiger partial charge in [-0.25, -0.2) is 4.79 Å². The number of nitrogens with one attached hydrogen (secondary N) is 2. The van der Waals surface area contributed by atoms with Crippen molar-refractivity contribution in [3.63, 3.8) is 0 Å². The molecule has 8 nitrogen and oxygen atoms in total. The Morgan fingerprint density at radius 2 is 2.11 bits per heavy atom. The summed E-state index contributed by atoms with van der Waals surface area (Å²) in [5.74, 6) is -2.20. The third kappa shape index (κ3) is 2.26. The summed E-state index contributed by atoms with van der Waals surface area (Å²) >= 11 is 0. The van der Waals surface area contributed by atoms with Crippen molar-refractivity contribution in [3.8, 4) is 5.75 Å². The summed E-state index contributed by atoms with van der Waals surface area (Å²) in [5, 5.41) is 29.9. The van der Waals surface area contributed by atoms with Gasteiger partial charge in [-0.05, 0) is 12.1 Å². The average Bonchev–Trinajstić information content (AvgIpc) is 2.81. The second-order valence-electron chi connectivity index (χ2n) is 3.35. The van der Waals surface area contributed by atoms with Gasteiger partial charge in [0.1, 0.15) is 11.3 Å². The number of aromatic nitrogens is 3. The average molecular weight is 248 g/mol. The minimum absolute atomic E-state index is 0.0804. The number of rotatable bonds is 3. The van der Waals surface area contributed by atoms with Gasteiger partial charge in [-0.3, -0.25) is 4.79 Å². The number of aromatic hydroxyl groups is 1. The molecule has 0 saturated heterocycles. The van der Waals surface area contributed by atoms with Gasteiger partial charge >= 0.3 is 5.97 Å². The zero-order chi connectivity index (χ0) is 13.1. The van der Waals surface area contributed by atoms with Crippen LogP contribution in [0.25, 0.3) is 0 Å². The Bertz CT molecular complexity index is 594. The fourth-order valence-electron chi connectivity index (χ4n) is 1.30. The van der Waals surface area contributed by atoms with Gasteiger partial charge in [0.2, 0.25) is 0 Å². The van der Waals surface area contributed by atoms with E-state index in [2.05, 4.69) is 20.7 Å². The van der Waals surface area contributed by atoms with E-state index in [1.54, 1.807) is 0 Å². The molecular formula is C10H8N4O4. The van der Waals surface area contributed by atoms with E-state index in [-0.39, 0.29) is 16.9 Å². The highest BCUT2D eigenvalue weighted by atomic mass is 16.4. The Kier molecular flexibility index (Phi) is 2.92. The maximum atomic E-state index is 11.6. The highest BCUT2D eigenvalue weighted by Gasteiger charge is 2.12. The van der Waals surface area contributed by atoms with E-state index < -0.39 is 17.6 Å². The molecule has 4 N–H and O–H groups in total. The van der Waals surface area contributed by atoms with Crippen molar-refractivity contribution in [2.75, 3.05) is 5.32 Å². The van der Waals surface area contributed by atoms with Crippen LogP contribution < -0.4 is 5.32 Å². The lowest BCUT2D eigenvalue weighted by Gasteiger charge is -2.05. The van der Waals surface area contributed by atoms with Crippen molar-refractivity contribution >= 4 is 17.6 Å². The quantitative estimate of drug-likeness (QED) is 0.624. The molecule has 0 aliphatic heterocycles. The number of carbonyl (C=O) groups excluding carboxylic acids is 1. The second-order valence-corrected chi connectivity index (χ2v) is 3.35. The van der Waals surface area contributed by atoms with Crippen LogP contribution in [0.15, 0.2) is 24.4 Å². The molecule has 0 unspecified atom stereocenters. The Labute approximate surface area is 100 Å². The first-order valence-corrected chi connectivity index (χ1v) is 4.81. The molecule has 0 aliphatic rings. The number of amides is 1. The minimum atomic E-state index is -1.25. The van der Waals surface area contributed by atoms with Gasteiger partial charge in [-0.15, -0.1) is 0 Å². The number of aromatic carboxylic acids is 1. The molecule has 0 atom stereocenters. The largest absolute Gasteiger partial charge is 0.507 e. The van der Waals surface area contributed by atoms with E-state index in [9.17, 15) is 14.7 Å². The molecule has 2 rings (SSSR count). The number of benzene rings is 1. The Balaban J connectivity index is 2.18. The van der Waals surface area contributed by atoms with Gasteiger partial charge in [0.15, 0.2) is 5.69 Å². The van der Waals surface area contributed by atoms with Crippen molar-refractivity contribution < 1.29 is 19.8 Å². The topological polar surface area (TPSA) is 128 Å². The minimum Gasteiger partial charge on any atom is -0.507 e. The number of nitrogens with zero attached hydrogens (tertiary/aromatic N) is 2. The van der Waals surface area contributed by atoms with E-state index in [1.165, 1.54) is 18.3 Å². The van der Waals surface area contributed by atoms with Crippen LogP contribution in [0.4, 0.5) is 5.69 Å². The van der Waals surface area contributed by atoms with Gasteiger partial charge in [-0.2, -0.15) is 15.4 Å². The molecule has 1 aromatic carbocycles. The number of carboxylic acid groups (broad SMARTS) is 1. The zero-order valence-corrected chi connectivity index (χ0v) is 8.91. The van der Waals surface area contributed by atoms with Crippen molar-refractivity contribution in [2.24, 2.45) is 0 Å². The van der Waals surface area contributed by atoms with Crippen molar-refractivity contribution in [1.82, 2.24) is 15.4 Å². The van der Waals surface area contributed by atoms with Crippen LogP contribution in [-0.2, 0) is 0 Å². The highest BCUT2D eigenvalue weighted by Crippen LogP contribution is 2.22. The molecule has 0 fully saturated rings. The molecule has 92 valence electrons. The number of hydrogen-bond donors (Lipinski definition) is 4. The third-order valence-electron chi connectivity index (χ3n) is 2.13. The number of aromatic amines is 1. The second kappa shape index (κ2) is 4.53. The van der Waals surface area contributed by atoms with E-state index in [0.717, 1.165) is 6.07 Å². The number of anilines is 1. The fraction of sp³-hybridized carbons (Fsp3) is 0. The number of phenols is 1. The van der Waals surface area contributed by atoms with Crippen LogP contribution in [0.5, 0.6) is 5.75 Å². The first-order chi connectivity index (χ1) is 8.58. The van der Waals surface area contributed by atoms with Crippen LogP contribution in [0.3, 0.4) is 0 Å². The van der Waals surface area contributed by atoms with Gasteiger partial charge in [0.05, 0.1) is 6.20 Å². The predicted molar refractivity (Wildman–Crippen MR) is 59.4 cm³/mol. The van der Waals surface area contributed by atoms with E-state index in [4.69, 9.17) is 5.11 Å². The first-order valence-electron chi connectivity index (χ1n) is 4.81. The summed E-state index contributed by atoms with van der Waals surface area (Å²) in [7, 11) is 0. The lowest BCUT2D eigenvalue weighted by molar-refractivity contribution is 0.0693. The monoisotopic (exact) mass is 248 g/mol. The number of hydrogen-bond acceptors (Lipinski definition) is 5. The molecular weight excluding hydrogens is 240 g/mol. The number of H-pyrrole nitrogens is 1. The fourth-order valence-corrected chi connectivity index (χ4v) is 1.30. The van der Waals surface area contributed by atoms with Gasteiger partial charge in [-0.1, -0.05) is 0 Å². The molecule has 18 heavy (non-hydrogen) atoms. The molecule has 1 amide bonds. The molecule has 0 saturated carbocycles.